The maximum absolute atomic E-state index is 11.9. The molecule has 0 atom stereocenters. The third-order valence-electron chi connectivity index (χ3n) is 2.55. The molecule has 1 aliphatic rings. The van der Waals surface area contributed by atoms with Crippen molar-refractivity contribution in [1.29, 1.82) is 0 Å². The summed E-state index contributed by atoms with van der Waals surface area (Å²) in [4.78, 5) is 11.0. The highest BCUT2D eigenvalue weighted by Gasteiger charge is 2.25. The first-order chi connectivity index (χ1) is 8.47. The van der Waals surface area contributed by atoms with Gasteiger partial charge >= 0.3 is 6.03 Å². The van der Waals surface area contributed by atoms with Gasteiger partial charge in [0, 0.05) is 13.1 Å². The topological polar surface area (TPSA) is 84.5 Å². The molecule has 2 amide bonds. The summed E-state index contributed by atoms with van der Waals surface area (Å²) in [6.45, 7) is 2.23. The van der Waals surface area contributed by atoms with Gasteiger partial charge in [-0.3, -0.25) is 4.18 Å². The summed E-state index contributed by atoms with van der Waals surface area (Å²) in [7, 11) is -3.79. The Kier molecular flexibility index (Phi) is 3.53. The fraction of sp³-hybridized carbons (Fsp3) is 0.364. The third kappa shape index (κ3) is 2.99. The number of urea groups is 1. The van der Waals surface area contributed by atoms with Gasteiger partial charge in [-0.05, 0) is 19.1 Å². The fourth-order valence-electron chi connectivity index (χ4n) is 1.56. The van der Waals surface area contributed by atoms with E-state index in [0.717, 1.165) is 5.56 Å². The van der Waals surface area contributed by atoms with Crippen LogP contribution >= 0.6 is 0 Å². The van der Waals surface area contributed by atoms with E-state index in [-0.39, 0.29) is 24.0 Å². The minimum atomic E-state index is -3.79. The molecular weight excluding hydrogens is 256 g/mol. The number of nitrogens with one attached hydrogen (secondary N) is 2. The van der Waals surface area contributed by atoms with E-state index >= 15 is 0 Å². The van der Waals surface area contributed by atoms with Crippen LogP contribution < -0.4 is 10.6 Å². The van der Waals surface area contributed by atoms with Gasteiger partial charge in [0.15, 0.2) is 0 Å². The zero-order chi connectivity index (χ0) is 13.2. The predicted octanol–water partition coefficient (Wildman–Crippen LogP) is 0.382. The van der Waals surface area contributed by atoms with Crippen LogP contribution in [0.5, 0.6) is 0 Å². The molecule has 0 radical (unpaired) electrons. The number of aryl methyl sites for hydroxylation is 1. The highest BCUT2D eigenvalue weighted by molar-refractivity contribution is 7.86. The Morgan fingerprint density at radius 2 is 1.72 bits per heavy atom. The van der Waals surface area contributed by atoms with Crippen LogP contribution in [0, 0.1) is 6.92 Å². The molecular formula is C11H14N2O4S. The summed E-state index contributed by atoms with van der Waals surface area (Å²) in [5, 5.41) is 4.95. The normalized spacial score (nSPS) is 17.1. The van der Waals surface area contributed by atoms with E-state index in [1.54, 1.807) is 12.1 Å². The van der Waals surface area contributed by atoms with Gasteiger partial charge in [0.2, 0.25) is 0 Å². The highest BCUT2D eigenvalue weighted by Crippen LogP contribution is 2.15. The van der Waals surface area contributed by atoms with Gasteiger partial charge in [-0.2, -0.15) is 8.42 Å². The van der Waals surface area contributed by atoms with E-state index in [0.29, 0.717) is 0 Å². The number of carbonyl (C=O) groups excluding carboxylic acids is 1. The number of amides is 2. The van der Waals surface area contributed by atoms with Gasteiger partial charge in [-0.15, -0.1) is 0 Å². The Balaban J connectivity index is 2.07. The predicted molar refractivity (Wildman–Crippen MR) is 64.6 cm³/mol. The second-order valence-electron chi connectivity index (χ2n) is 4.08. The van der Waals surface area contributed by atoms with Crippen LogP contribution in [0.1, 0.15) is 5.56 Å². The third-order valence-corrected chi connectivity index (χ3v) is 3.93. The summed E-state index contributed by atoms with van der Waals surface area (Å²) in [6, 6.07) is 6.09. The molecule has 1 aromatic carbocycles. The minimum Gasteiger partial charge on any atom is -0.335 e. The summed E-state index contributed by atoms with van der Waals surface area (Å²) in [6.07, 6.45) is -0.589. The van der Waals surface area contributed by atoms with E-state index in [9.17, 15) is 13.2 Å². The van der Waals surface area contributed by atoms with Gasteiger partial charge in [-0.25, -0.2) is 4.79 Å². The lowest BCUT2D eigenvalue weighted by Gasteiger charge is -2.23. The minimum absolute atomic E-state index is 0.116. The lowest BCUT2D eigenvalue weighted by Crippen LogP contribution is -2.52. The first kappa shape index (κ1) is 12.8. The van der Waals surface area contributed by atoms with Crippen LogP contribution in [-0.2, 0) is 14.3 Å². The van der Waals surface area contributed by atoms with Crippen molar-refractivity contribution in [3.05, 3.63) is 29.8 Å². The average Bonchev–Trinajstić information content (AvgIpc) is 2.32. The molecule has 2 rings (SSSR count). The monoisotopic (exact) mass is 270 g/mol. The maximum Gasteiger partial charge on any atom is 0.314 e. The first-order valence-electron chi connectivity index (χ1n) is 5.49. The van der Waals surface area contributed by atoms with Crippen molar-refractivity contribution in [2.45, 2.75) is 17.9 Å². The molecule has 0 bridgehead atoms. The molecule has 1 heterocycles. The van der Waals surface area contributed by atoms with Crippen molar-refractivity contribution in [1.82, 2.24) is 10.6 Å². The lowest BCUT2D eigenvalue weighted by atomic mass is 10.2. The number of hydrogen-bond donors (Lipinski definition) is 2. The maximum atomic E-state index is 11.9. The summed E-state index contributed by atoms with van der Waals surface area (Å²) in [5.41, 5.74) is 0.973. The van der Waals surface area contributed by atoms with E-state index in [1.807, 2.05) is 6.92 Å². The summed E-state index contributed by atoms with van der Waals surface area (Å²) < 4.78 is 28.9. The first-order valence-corrected chi connectivity index (χ1v) is 6.90. The molecule has 7 heteroatoms. The zero-order valence-corrected chi connectivity index (χ0v) is 10.7. The quantitative estimate of drug-likeness (QED) is 0.778. The SMILES string of the molecule is Cc1ccc(S(=O)(=O)OC2CNC(=O)NC2)cc1. The van der Waals surface area contributed by atoms with Gasteiger partial charge < -0.3 is 10.6 Å². The Hall–Kier alpha value is -1.60. The standard InChI is InChI=1S/C11H14N2O4S/c1-8-2-4-10(5-3-8)18(15,16)17-9-6-12-11(14)13-7-9/h2-5,9H,6-7H2,1H3,(H2,12,13,14). The molecule has 0 spiro atoms. The van der Waals surface area contributed by atoms with Crippen LogP contribution in [-0.4, -0.2) is 33.6 Å². The Bertz CT molecular complexity index is 529. The largest absolute Gasteiger partial charge is 0.335 e. The molecule has 0 aromatic heterocycles. The van der Waals surface area contributed by atoms with E-state index < -0.39 is 16.2 Å². The van der Waals surface area contributed by atoms with Crippen LogP contribution in [0.2, 0.25) is 0 Å². The van der Waals surface area contributed by atoms with Gasteiger partial charge in [0.25, 0.3) is 10.1 Å². The van der Waals surface area contributed by atoms with E-state index in [2.05, 4.69) is 10.6 Å². The van der Waals surface area contributed by atoms with Crippen molar-refractivity contribution < 1.29 is 17.4 Å². The average molecular weight is 270 g/mol. The Morgan fingerprint density at radius 1 is 1.17 bits per heavy atom. The molecule has 98 valence electrons. The number of hydrogen-bond acceptors (Lipinski definition) is 4. The molecule has 0 unspecified atom stereocenters. The van der Waals surface area contributed by atoms with E-state index in [1.165, 1.54) is 12.1 Å². The lowest BCUT2D eigenvalue weighted by molar-refractivity contribution is 0.176. The summed E-state index contributed by atoms with van der Waals surface area (Å²) >= 11 is 0. The number of benzene rings is 1. The molecule has 2 N–H and O–H groups in total. The molecule has 1 aliphatic heterocycles. The molecule has 18 heavy (non-hydrogen) atoms. The van der Waals surface area contributed by atoms with E-state index in [4.69, 9.17) is 4.18 Å². The smallest absolute Gasteiger partial charge is 0.314 e. The molecule has 1 aromatic rings. The molecule has 1 fully saturated rings. The molecule has 0 saturated carbocycles. The van der Waals surface area contributed by atoms with Crippen LogP contribution in [0.15, 0.2) is 29.2 Å². The van der Waals surface area contributed by atoms with Crippen molar-refractivity contribution in [2.75, 3.05) is 13.1 Å². The number of rotatable bonds is 3. The zero-order valence-electron chi connectivity index (χ0n) is 9.84. The Labute approximate surface area is 105 Å². The summed E-state index contributed by atoms with van der Waals surface area (Å²) in [5.74, 6) is 0. The highest BCUT2D eigenvalue weighted by atomic mass is 32.2. The van der Waals surface area contributed by atoms with Gasteiger partial charge in [0.05, 0.1) is 4.90 Å². The van der Waals surface area contributed by atoms with Crippen molar-refractivity contribution >= 4 is 16.1 Å². The molecule has 1 saturated heterocycles. The van der Waals surface area contributed by atoms with Crippen LogP contribution in [0.4, 0.5) is 4.79 Å². The van der Waals surface area contributed by atoms with Crippen molar-refractivity contribution in [2.24, 2.45) is 0 Å². The number of carbonyl (C=O) groups is 1. The molecule has 6 nitrogen and oxygen atoms in total. The van der Waals surface area contributed by atoms with Crippen molar-refractivity contribution in [3.8, 4) is 0 Å². The van der Waals surface area contributed by atoms with Crippen LogP contribution in [0.25, 0.3) is 0 Å². The van der Waals surface area contributed by atoms with Crippen molar-refractivity contribution in [3.63, 3.8) is 0 Å². The van der Waals surface area contributed by atoms with Crippen LogP contribution in [0.3, 0.4) is 0 Å². The second-order valence-corrected chi connectivity index (χ2v) is 5.65. The fourth-order valence-corrected chi connectivity index (χ4v) is 2.63. The Morgan fingerprint density at radius 3 is 2.28 bits per heavy atom. The van der Waals surface area contributed by atoms with Gasteiger partial charge in [0.1, 0.15) is 6.10 Å². The van der Waals surface area contributed by atoms with Gasteiger partial charge in [-0.1, -0.05) is 17.7 Å². The molecule has 0 aliphatic carbocycles. The second kappa shape index (κ2) is 4.95.